The standard InChI is InChI=1S/C20H19Cl2NO4/c1-10-16(20(2,3)25)11-6-5-7-13(18(11)27-10)23-19(24)15-12(21)8-9-14(26-4)17(15)22/h5-9,25H,1-4H3,(H,23,24). The predicted octanol–water partition coefficient (Wildman–Crippen LogP) is 5.54. The highest BCUT2D eigenvalue weighted by molar-refractivity contribution is 6.41. The van der Waals surface area contributed by atoms with Gasteiger partial charge in [0.2, 0.25) is 0 Å². The van der Waals surface area contributed by atoms with Gasteiger partial charge in [0.15, 0.2) is 5.58 Å². The molecule has 0 aliphatic carbocycles. The Morgan fingerprint density at radius 3 is 2.56 bits per heavy atom. The van der Waals surface area contributed by atoms with Gasteiger partial charge in [-0.15, -0.1) is 0 Å². The molecule has 3 rings (SSSR count). The Labute approximate surface area is 166 Å². The summed E-state index contributed by atoms with van der Waals surface area (Å²) in [6.45, 7) is 5.14. The van der Waals surface area contributed by atoms with Crippen molar-refractivity contribution < 1.29 is 19.1 Å². The van der Waals surface area contributed by atoms with E-state index in [1.54, 1.807) is 45.0 Å². The first-order valence-corrected chi connectivity index (χ1v) is 8.99. The summed E-state index contributed by atoms with van der Waals surface area (Å²) in [5.74, 6) is 0.439. The maximum Gasteiger partial charge on any atom is 0.258 e. The Balaban J connectivity index is 2.07. The quantitative estimate of drug-likeness (QED) is 0.595. The first-order valence-electron chi connectivity index (χ1n) is 8.23. The molecule has 3 aromatic rings. The van der Waals surface area contributed by atoms with Crippen LogP contribution in [0.2, 0.25) is 10.0 Å². The summed E-state index contributed by atoms with van der Waals surface area (Å²) in [5, 5.41) is 14.3. The molecule has 5 nitrogen and oxygen atoms in total. The molecule has 0 saturated carbocycles. The van der Waals surface area contributed by atoms with Crippen molar-refractivity contribution in [2.45, 2.75) is 26.4 Å². The summed E-state index contributed by atoms with van der Waals surface area (Å²) < 4.78 is 11.0. The Hall–Kier alpha value is -2.21. The molecule has 1 aromatic heterocycles. The molecule has 0 saturated heterocycles. The summed E-state index contributed by atoms with van der Waals surface area (Å²) in [5.41, 5.74) is 0.616. The Morgan fingerprint density at radius 2 is 1.93 bits per heavy atom. The van der Waals surface area contributed by atoms with Gasteiger partial charge in [0.1, 0.15) is 11.5 Å². The minimum absolute atomic E-state index is 0.112. The molecule has 1 heterocycles. The van der Waals surface area contributed by atoms with Gasteiger partial charge in [-0.2, -0.15) is 0 Å². The summed E-state index contributed by atoms with van der Waals surface area (Å²) in [4.78, 5) is 12.8. The van der Waals surface area contributed by atoms with Crippen LogP contribution in [0.5, 0.6) is 5.75 Å². The van der Waals surface area contributed by atoms with Gasteiger partial charge in [-0.05, 0) is 39.0 Å². The molecule has 0 fully saturated rings. The van der Waals surface area contributed by atoms with E-state index in [1.807, 2.05) is 6.07 Å². The van der Waals surface area contributed by atoms with Crippen LogP contribution in [0.3, 0.4) is 0 Å². The Bertz CT molecular complexity index is 1030. The number of benzene rings is 2. The lowest BCUT2D eigenvalue weighted by Crippen LogP contribution is -2.16. The lowest BCUT2D eigenvalue weighted by molar-refractivity contribution is 0.0783. The van der Waals surface area contributed by atoms with E-state index in [2.05, 4.69) is 5.32 Å². The van der Waals surface area contributed by atoms with E-state index in [0.717, 1.165) is 5.39 Å². The summed E-state index contributed by atoms with van der Waals surface area (Å²) in [7, 11) is 1.46. The van der Waals surface area contributed by atoms with E-state index >= 15 is 0 Å². The molecule has 0 radical (unpaired) electrons. The van der Waals surface area contributed by atoms with Crippen LogP contribution >= 0.6 is 23.2 Å². The first kappa shape index (κ1) is 19.5. The second-order valence-corrected chi connectivity index (χ2v) is 7.45. The normalized spacial score (nSPS) is 11.7. The van der Waals surface area contributed by atoms with Gasteiger partial charge in [0.25, 0.3) is 5.91 Å². The maximum absolute atomic E-state index is 12.8. The number of halogens is 2. The van der Waals surface area contributed by atoms with Gasteiger partial charge in [-0.25, -0.2) is 0 Å². The van der Waals surface area contributed by atoms with Gasteiger partial charge in [-0.1, -0.05) is 35.3 Å². The van der Waals surface area contributed by atoms with Crippen LogP contribution in [0.15, 0.2) is 34.7 Å². The largest absolute Gasteiger partial charge is 0.495 e. The predicted molar refractivity (Wildman–Crippen MR) is 107 cm³/mol. The molecule has 0 unspecified atom stereocenters. The van der Waals surface area contributed by atoms with Gasteiger partial charge in [-0.3, -0.25) is 4.79 Å². The van der Waals surface area contributed by atoms with Crippen LogP contribution in [0, 0.1) is 6.92 Å². The molecule has 0 aliphatic rings. The fourth-order valence-electron chi connectivity index (χ4n) is 3.18. The number of carbonyl (C=O) groups excluding carboxylic acids is 1. The molecule has 0 bridgehead atoms. The highest BCUT2D eigenvalue weighted by Gasteiger charge is 2.27. The number of furan rings is 1. The monoisotopic (exact) mass is 407 g/mol. The number of ether oxygens (including phenoxy) is 1. The minimum Gasteiger partial charge on any atom is -0.495 e. The fourth-order valence-corrected chi connectivity index (χ4v) is 3.80. The number of anilines is 1. The third-order valence-corrected chi connectivity index (χ3v) is 4.94. The number of fused-ring (bicyclic) bond motifs is 1. The van der Waals surface area contributed by atoms with Gasteiger partial charge in [0.05, 0.1) is 34.0 Å². The van der Waals surface area contributed by atoms with Crippen LogP contribution < -0.4 is 10.1 Å². The van der Waals surface area contributed by atoms with Crippen molar-refractivity contribution in [2.75, 3.05) is 12.4 Å². The van der Waals surface area contributed by atoms with Crippen molar-refractivity contribution in [2.24, 2.45) is 0 Å². The second kappa shape index (κ2) is 7.08. The molecule has 2 aromatic carbocycles. The van der Waals surface area contributed by atoms with Gasteiger partial charge < -0.3 is 19.6 Å². The Kier molecular flexibility index (Phi) is 5.12. The zero-order valence-corrected chi connectivity index (χ0v) is 16.8. The molecule has 0 aliphatic heterocycles. The molecular weight excluding hydrogens is 389 g/mol. The lowest BCUT2D eigenvalue weighted by Gasteiger charge is -2.17. The topological polar surface area (TPSA) is 71.7 Å². The van der Waals surface area contributed by atoms with Crippen LogP contribution in [0.1, 0.15) is 35.5 Å². The van der Waals surface area contributed by atoms with Crippen LogP contribution in [-0.4, -0.2) is 18.1 Å². The average Bonchev–Trinajstić information content (AvgIpc) is 2.92. The van der Waals surface area contributed by atoms with Crippen molar-refractivity contribution in [1.82, 2.24) is 0 Å². The lowest BCUT2D eigenvalue weighted by atomic mass is 9.95. The summed E-state index contributed by atoms with van der Waals surface area (Å²) in [6, 6.07) is 8.45. The molecule has 0 spiro atoms. The fraction of sp³-hybridized carbons (Fsp3) is 0.250. The SMILES string of the molecule is COc1ccc(Cl)c(C(=O)Nc2cccc3c(C(C)(C)O)c(C)oc23)c1Cl. The number of nitrogens with one attached hydrogen (secondary N) is 1. The molecule has 27 heavy (non-hydrogen) atoms. The molecule has 2 N–H and O–H groups in total. The highest BCUT2D eigenvalue weighted by atomic mass is 35.5. The van der Waals surface area contributed by atoms with Crippen molar-refractivity contribution in [3.05, 3.63) is 57.3 Å². The highest BCUT2D eigenvalue weighted by Crippen LogP contribution is 2.38. The van der Waals surface area contributed by atoms with E-state index < -0.39 is 11.5 Å². The molecule has 142 valence electrons. The molecule has 0 atom stereocenters. The number of methoxy groups -OCH3 is 1. The number of para-hydroxylation sites is 1. The van der Waals surface area contributed by atoms with Crippen LogP contribution in [0.4, 0.5) is 5.69 Å². The van der Waals surface area contributed by atoms with E-state index in [-0.39, 0.29) is 15.6 Å². The first-order chi connectivity index (χ1) is 12.6. The maximum atomic E-state index is 12.8. The van der Waals surface area contributed by atoms with Crippen molar-refractivity contribution in [1.29, 1.82) is 0 Å². The van der Waals surface area contributed by atoms with Gasteiger partial charge >= 0.3 is 0 Å². The van der Waals surface area contributed by atoms with E-state index in [9.17, 15) is 9.90 Å². The van der Waals surface area contributed by atoms with Crippen molar-refractivity contribution in [3.63, 3.8) is 0 Å². The number of aliphatic hydroxyl groups is 1. The number of rotatable bonds is 4. The molecule has 1 amide bonds. The number of aryl methyl sites for hydroxylation is 1. The third-order valence-electron chi connectivity index (χ3n) is 4.25. The third kappa shape index (κ3) is 3.50. The molecular formula is C20H19Cl2NO4. The number of hydrogen-bond donors (Lipinski definition) is 2. The minimum atomic E-state index is -1.09. The number of hydrogen-bond acceptors (Lipinski definition) is 4. The average molecular weight is 408 g/mol. The van der Waals surface area contributed by atoms with E-state index in [0.29, 0.717) is 28.3 Å². The van der Waals surface area contributed by atoms with E-state index in [1.165, 1.54) is 7.11 Å². The van der Waals surface area contributed by atoms with Crippen LogP contribution in [0.25, 0.3) is 11.0 Å². The zero-order chi connectivity index (χ0) is 19.9. The van der Waals surface area contributed by atoms with Gasteiger partial charge in [0, 0.05) is 10.9 Å². The summed E-state index contributed by atoms with van der Waals surface area (Å²) >= 11 is 12.4. The number of carbonyl (C=O) groups is 1. The van der Waals surface area contributed by atoms with E-state index in [4.69, 9.17) is 32.4 Å². The van der Waals surface area contributed by atoms with Crippen molar-refractivity contribution in [3.8, 4) is 5.75 Å². The zero-order valence-electron chi connectivity index (χ0n) is 15.3. The Morgan fingerprint density at radius 1 is 1.22 bits per heavy atom. The second-order valence-electron chi connectivity index (χ2n) is 6.67. The van der Waals surface area contributed by atoms with Crippen LogP contribution in [-0.2, 0) is 5.60 Å². The summed E-state index contributed by atoms with van der Waals surface area (Å²) in [6.07, 6.45) is 0. The molecule has 7 heteroatoms. The number of amides is 1. The smallest absolute Gasteiger partial charge is 0.258 e. The van der Waals surface area contributed by atoms with Crippen molar-refractivity contribution >= 4 is 45.8 Å².